The first-order chi connectivity index (χ1) is 9.85. The van der Waals surface area contributed by atoms with Gasteiger partial charge in [-0.1, -0.05) is 0 Å². The van der Waals surface area contributed by atoms with Gasteiger partial charge in [-0.2, -0.15) is 10.2 Å². The Morgan fingerprint density at radius 1 is 1.43 bits per heavy atom. The molecule has 0 bridgehead atoms. The predicted molar refractivity (Wildman–Crippen MR) is 79.7 cm³/mol. The number of amides is 1. The van der Waals surface area contributed by atoms with Crippen molar-refractivity contribution in [1.82, 2.24) is 20.0 Å². The third kappa shape index (κ3) is 4.67. The van der Waals surface area contributed by atoms with Gasteiger partial charge in [0.25, 0.3) is 0 Å². The molecule has 0 saturated carbocycles. The summed E-state index contributed by atoms with van der Waals surface area (Å²) in [5.74, 6) is 0. The summed E-state index contributed by atoms with van der Waals surface area (Å²) in [6.45, 7) is 10.7. The van der Waals surface area contributed by atoms with Gasteiger partial charge in [0.2, 0.25) is 0 Å². The van der Waals surface area contributed by atoms with Crippen molar-refractivity contribution in [3.05, 3.63) is 24.0 Å². The predicted octanol–water partition coefficient (Wildman–Crippen LogP) is 1.92. The molecule has 21 heavy (non-hydrogen) atoms. The van der Waals surface area contributed by atoms with Gasteiger partial charge in [0.15, 0.2) is 0 Å². The van der Waals surface area contributed by atoms with Crippen LogP contribution in [-0.4, -0.2) is 57.4 Å². The van der Waals surface area contributed by atoms with E-state index in [1.807, 2.05) is 32.9 Å². The van der Waals surface area contributed by atoms with E-state index in [4.69, 9.17) is 4.74 Å². The van der Waals surface area contributed by atoms with E-state index in [0.29, 0.717) is 13.1 Å². The zero-order chi connectivity index (χ0) is 15.5. The van der Waals surface area contributed by atoms with E-state index in [2.05, 4.69) is 22.0 Å². The molecule has 0 unspecified atom stereocenters. The topological polar surface area (TPSA) is 58.6 Å². The number of carbonyl (C=O) groups is 1. The molecule has 1 aliphatic heterocycles. The zero-order valence-electron chi connectivity index (χ0n) is 13.2. The molecule has 0 aromatic carbocycles. The second-order valence-corrected chi connectivity index (χ2v) is 6.46. The number of piperazine rings is 1. The van der Waals surface area contributed by atoms with Crippen LogP contribution in [0.15, 0.2) is 18.3 Å². The summed E-state index contributed by atoms with van der Waals surface area (Å²) in [4.78, 5) is 16.2. The molecule has 6 heteroatoms. The first-order valence-corrected chi connectivity index (χ1v) is 7.34. The molecule has 0 aliphatic carbocycles. The first kappa shape index (κ1) is 15.7. The van der Waals surface area contributed by atoms with Crippen LogP contribution in [0.4, 0.5) is 4.79 Å². The molecule has 6 nitrogen and oxygen atoms in total. The summed E-state index contributed by atoms with van der Waals surface area (Å²) in [5, 5.41) is 8.01. The monoisotopic (exact) mass is 292 g/mol. The minimum atomic E-state index is -0.447. The number of carbonyl (C=O) groups excluding carboxylic acids is 1. The molecular weight excluding hydrogens is 268 g/mol. The van der Waals surface area contributed by atoms with Gasteiger partial charge < -0.3 is 9.64 Å². The lowest BCUT2D eigenvalue weighted by Crippen LogP contribution is -2.54. The summed E-state index contributed by atoms with van der Waals surface area (Å²) < 4.78 is 5.43. The molecule has 1 atom stereocenters. The Labute approximate surface area is 126 Å². The second-order valence-electron chi connectivity index (χ2n) is 6.46. The fourth-order valence-corrected chi connectivity index (χ4v) is 2.35. The number of hydrogen-bond acceptors (Lipinski definition) is 5. The van der Waals surface area contributed by atoms with E-state index in [0.717, 1.165) is 18.8 Å². The van der Waals surface area contributed by atoms with E-state index in [1.165, 1.54) is 0 Å². The normalized spacial score (nSPS) is 20.4. The van der Waals surface area contributed by atoms with Gasteiger partial charge in [-0.05, 0) is 39.8 Å². The molecule has 0 spiro atoms. The highest BCUT2D eigenvalue weighted by Crippen LogP contribution is 2.16. The lowest BCUT2D eigenvalue weighted by molar-refractivity contribution is 0.00441. The summed E-state index contributed by atoms with van der Waals surface area (Å²) in [7, 11) is 0. The molecule has 116 valence electrons. The molecule has 0 radical (unpaired) electrons. The van der Waals surface area contributed by atoms with Crippen molar-refractivity contribution in [1.29, 1.82) is 0 Å². The van der Waals surface area contributed by atoms with Crippen molar-refractivity contribution < 1.29 is 9.53 Å². The van der Waals surface area contributed by atoms with Gasteiger partial charge in [0.1, 0.15) is 5.60 Å². The maximum atomic E-state index is 12.1. The highest BCUT2D eigenvalue weighted by atomic mass is 16.6. The van der Waals surface area contributed by atoms with Gasteiger partial charge >= 0.3 is 6.09 Å². The van der Waals surface area contributed by atoms with Crippen LogP contribution in [0.3, 0.4) is 0 Å². The van der Waals surface area contributed by atoms with Gasteiger partial charge in [0.05, 0.1) is 5.69 Å². The zero-order valence-corrected chi connectivity index (χ0v) is 13.2. The largest absolute Gasteiger partial charge is 0.444 e. The van der Waals surface area contributed by atoms with Crippen LogP contribution in [-0.2, 0) is 11.3 Å². The van der Waals surface area contributed by atoms with E-state index in [9.17, 15) is 4.79 Å². The molecular formula is C15H24N4O2. The summed E-state index contributed by atoms with van der Waals surface area (Å²) in [5.41, 5.74) is 0.506. The number of rotatable bonds is 2. The van der Waals surface area contributed by atoms with Crippen LogP contribution in [0.2, 0.25) is 0 Å². The van der Waals surface area contributed by atoms with Crippen molar-refractivity contribution in [2.24, 2.45) is 0 Å². The Kier molecular flexibility index (Phi) is 4.77. The quantitative estimate of drug-likeness (QED) is 0.833. The molecule has 0 N–H and O–H groups in total. The van der Waals surface area contributed by atoms with Crippen molar-refractivity contribution in [3.63, 3.8) is 0 Å². The highest BCUT2D eigenvalue weighted by molar-refractivity contribution is 5.68. The molecule has 1 aliphatic rings. The fourth-order valence-electron chi connectivity index (χ4n) is 2.35. The smallest absolute Gasteiger partial charge is 0.410 e. The van der Waals surface area contributed by atoms with Crippen LogP contribution in [0.5, 0.6) is 0 Å². The van der Waals surface area contributed by atoms with E-state index >= 15 is 0 Å². The lowest BCUT2D eigenvalue weighted by atomic mass is 10.2. The third-order valence-corrected chi connectivity index (χ3v) is 3.41. The first-order valence-electron chi connectivity index (χ1n) is 7.34. The number of nitrogens with zero attached hydrogens (tertiary/aromatic N) is 4. The average Bonchev–Trinajstić information content (AvgIpc) is 2.40. The van der Waals surface area contributed by atoms with Crippen molar-refractivity contribution in [2.45, 2.75) is 45.9 Å². The Hall–Kier alpha value is -1.69. The molecule has 2 rings (SSSR count). The Morgan fingerprint density at radius 3 is 2.76 bits per heavy atom. The molecule has 1 fully saturated rings. The van der Waals surface area contributed by atoms with Crippen LogP contribution < -0.4 is 0 Å². The van der Waals surface area contributed by atoms with Crippen molar-refractivity contribution >= 4 is 6.09 Å². The lowest BCUT2D eigenvalue weighted by Gasteiger charge is -2.39. The maximum absolute atomic E-state index is 12.1. The minimum absolute atomic E-state index is 0.228. The summed E-state index contributed by atoms with van der Waals surface area (Å²) in [6, 6.07) is 4.14. The fraction of sp³-hybridized carbons (Fsp3) is 0.667. The SMILES string of the molecule is C[C@@H]1CN(C(=O)OC(C)(C)C)CCN1Cc1cccnn1. The Bertz CT molecular complexity index is 472. The van der Waals surface area contributed by atoms with Crippen molar-refractivity contribution in [3.8, 4) is 0 Å². The molecule has 1 aromatic heterocycles. The van der Waals surface area contributed by atoms with E-state index in [1.54, 1.807) is 11.1 Å². The van der Waals surface area contributed by atoms with Crippen LogP contribution in [0.25, 0.3) is 0 Å². The summed E-state index contributed by atoms with van der Waals surface area (Å²) >= 11 is 0. The molecule has 1 amide bonds. The Balaban J connectivity index is 1.89. The molecule has 1 aromatic rings. The maximum Gasteiger partial charge on any atom is 0.410 e. The number of ether oxygens (including phenoxy) is 1. The third-order valence-electron chi connectivity index (χ3n) is 3.41. The van der Waals surface area contributed by atoms with Gasteiger partial charge in [-0.25, -0.2) is 4.79 Å². The van der Waals surface area contributed by atoms with Crippen LogP contribution in [0, 0.1) is 0 Å². The number of hydrogen-bond donors (Lipinski definition) is 0. The van der Waals surface area contributed by atoms with Crippen molar-refractivity contribution in [2.75, 3.05) is 19.6 Å². The average molecular weight is 292 g/mol. The van der Waals surface area contributed by atoms with E-state index in [-0.39, 0.29) is 12.1 Å². The van der Waals surface area contributed by atoms with Crippen LogP contribution in [0.1, 0.15) is 33.4 Å². The van der Waals surface area contributed by atoms with Gasteiger partial charge in [-0.3, -0.25) is 4.90 Å². The summed E-state index contributed by atoms with van der Waals surface area (Å²) in [6.07, 6.45) is 1.45. The Morgan fingerprint density at radius 2 is 2.19 bits per heavy atom. The van der Waals surface area contributed by atoms with E-state index < -0.39 is 5.60 Å². The minimum Gasteiger partial charge on any atom is -0.444 e. The molecule has 2 heterocycles. The molecule has 1 saturated heterocycles. The van der Waals surface area contributed by atoms with Gasteiger partial charge in [0, 0.05) is 38.4 Å². The van der Waals surface area contributed by atoms with Crippen LogP contribution >= 0.6 is 0 Å². The van der Waals surface area contributed by atoms with Gasteiger partial charge in [-0.15, -0.1) is 0 Å². The standard InChI is InChI=1S/C15H24N4O2/c1-12-10-19(14(20)21-15(2,3)4)9-8-18(12)11-13-6-5-7-16-17-13/h5-7,12H,8-11H2,1-4H3/t12-/m1/s1. The highest BCUT2D eigenvalue weighted by Gasteiger charge is 2.29. The second kappa shape index (κ2) is 6.39. The number of aromatic nitrogens is 2.